The highest BCUT2D eigenvalue weighted by molar-refractivity contribution is 7.10. The SMILES string of the molecule is CCc1ccc(C(CNC(=O)CC(NC(N)=O)c2cccs2)N(C)C)cc1. The van der Waals surface area contributed by atoms with E-state index < -0.39 is 12.1 Å². The van der Waals surface area contributed by atoms with Crippen molar-refractivity contribution in [3.8, 4) is 0 Å². The van der Waals surface area contributed by atoms with Crippen LogP contribution < -0.4 is 16.4 Å². The minimum atomic E-state index is -0.636. The van der Waals surface area contributed by atoms with Crippen LogP contribution in [-0.2, 0) is 11.2 Å². The Labute approximate surface area is 164 Å². The molecule has 1 aromatic heterocycles. The van der Waals surface area contributed by atoms with E-state index in [1.807, 2.05) is 31.6 Å². The highest BCUT2D eigenvalue weighted by Gasteiger charge is 2.20. The van der Waals surface area contributed by atoms with Crippen LogP contribution >= 0.6 is 11.3 Å². The molecule has 0 aliphatic carbocycles. The summed E-state index contributed by atoms with van der Waals surface area (Å²) in [7, 11) is 3.99. The molecular formula is C20H28N4O2S. The van der Waals surface area contributed by atoms with Gasteiger partial charge in [-0.1, -0.05) is 37.3 Å². The molecule has 6 nitrogen and oxygen atoms in total. The van der Waals surface area contributed by atoms with E-state index in [1.165, 1.54) is 16.9 Å². The number of amides is 3. The molecule has 0 radical (unpaired) electrons. The summed E-state index contributed by atoms with van der Waals surface area (Å²) in [4.78, 5) is 26.7. The van der Waals surface area contributed by atoms with Gasteiger partial charge in [-0.05, 0) is 43.1 Å². The fourth-order valence-electron chi connectivity index (χ4n) is 2.93. The molecule has 0 aliphatic rings. The van der Waals surface area contributed by atoms with Crippen molar-refractivity contribution in [2.24, 2.45) is 5.73 Å². The molecule has 4 N–H and O–H groups in total. The Morgan fingerprint density at radius 2 is 1.89 bits per heavy atom. The average Bonchev–Trinajstić information content (AvgIpc) is 3.16. The number of rotatable bonds is 9. The molecule has 0 aliphatic heterocycles. The molecule has 0 saturated heterocycles. The summed E-state index contributed by atoms with van der Waals surface area (Å²) >= 11 is 1.49. The zero-order valence-electron chi connectivity index (χ0n) is 16.1. The number of hydrogen-bond acceptors (Lipinski definition) is 4. The molecule has 3 amide bonds. The summed E-state index contributed by atoms with van der Waals surface area (Å²) in [5.74, 6) is -0.126. The van der Waals surface area contributed by atoms with Crippen LogP contribution in [0.2, 0.25) is 0 Å². The predicted octanol–water partition coefficient (Wildman–Crippen LogP) is 2.83. The minimum Gasteiger partial charge on any atom is -0.354 e. The quantitative estimate of drug-likeness (QED) is 0.617. The third-order valence-electron chi connectivity index (χ3n) is 4.48. The summed E-state index contributed by atoms with van der Waals surface area (Å²) in [5.41, 5.74) is 7.70. The largest absolute Gasteiger partial charge is 0.354 e. The van der Waals surface area contributed by atoms with E-state index in [4.69, 9.17) is 5.73 Å². The second-order valence-corrected chi connectivity index (χ2v) is 7.64. The average molecular weight is 389 g/mol. The molecule has 2 aromatic rings. The summed E-state index contributed by atoms with van der Waals surface area (Å²) in [6.45, 7) is 2.62. The normalized spacial score (nSPS) is 13.2. The molecule has 0 bridgehead atoms. The van der Waals surface area contributed by atoms with Crippen molar-refractivity contribution in [3.63, 3.8) is 0 Å². The van der Waals surface area contributed by atoms with Gasteiger partial charge in [0.15, 0.2) is 0 Å². The maximum absolute atomic E-state index is 12.5. The standard InChI is InChI=1S/C20H28N4O2S/c1-4-14-7-9-15(10-8-14)17(24(2)3)13-22-19(25)12-16(23-20(21)26)18-6-5-11-27-18/h5-11,16-17H,4,12-13H2,1-3H3,(H,22,25)(H3,21,23,26). The number of carbonyl (C=O) groups excluding carboxylic acids is 2. The van der Waals surface area contributed by atoms with Crippen LogP contribution in [0.1, 0.15) is 41.4 Å². The number of thiophene rings is 1. The lowest BCUT2D eigenvalue weighted by Gasteiger charge is -2.26. The van der Waals surface area contributed by atoms with Gasteiger partial charge in [0.2, 0.25) is 5.91 Å². The number of hydrogen-bond donors (Lipinski definition) is 3. The molecule has 1 aromatic carbocycles. The molecule has 146 valence electrons. The number of primary amides is 1. The van der Waals surface area contributed by atoms with Crippen LogP contribution in [0.3, 0.4) is 0 Å². The Kier molecular flexibility index (Phi) is 7.82. The van der Waals surface area contributed by atoms with Gasteiger partial charge >= 0.3 is 6.03 Å². The molecule has 2 rings (SSSR count). The summed E-state index contributed by atoms with van der Waals surface area (Å²) < 4.78 is 0. The first-order chi connectivity index (χ1) is 12.9. The Morgan fingerprint density at radius 1 is 1.19 bits per heavy atom. The lowest BCUT2D eigenvalue weighted by atomic mass is 10.0. The van der Waals surface area contributed by atoms with E-state index in [9.17, 15) is 9.59 Å². The van der Waals surface area contributed by atoms with E-state index >= 15 is 0 Å². The van der Waals surface area contributed by atoms with Gasteiger partial charge in [-0.15, -0.1) is 11.3 Å². The minimum absolute atomic E-state index is 0.0733. The van der Waals surface area contributed by atoms with Gasteiger partial charge < -0.3 is 21.3 Å². The van der Waals surface area contributed by atoms with Crippen molar-refractivity contribution in [2.45, 2.75) is 31.8 Å². The predicted molar refractivity (Wildman–Crippen MR) is 110 cm³/mol. The number of benzene rings is 1. The molecule has 2 atom stereocenters. The number of nitrogens with two attached hydrogens (primary N) is 1. The van der Waals surface area contributed by atoms with E-state index in [2.05, 4.69) is 46.7 Å². The van der Waals surface area contributed by atoms with Gasteiger partial charge in [0.1, 0.15) is 0 Å². The van der Waals surface area contributed by atoms with E-state index in [0.29, 0.717) is 6.54 Å². The van der Waals surface area contributed by atoms with Crippen molar-refractivity contribution >= 4 is 23.3 Å². The number of carbonyl (C=O) groups is 2. The zero-order valence-corrected chi connectivity index (χ0v) is 16.9. The lowest BCUT2D eigenvalue weighted by molar-refractivity contribution is -0.121. The van der Waals surface area contributed by atoms with Crippen LogP contribution in [0, 0.1) is 0 Å². The van der Waals surface area contributed by atoms with Crippen LogP contribution in [0.25, 0.3) is 0 Å². The Bertz CT molecular complexity index is 729. The summed E-state index contributed by atoms with van der Waals surface area (Å²) in [6, 6.07) is 11.3. The smallest absolute Gasteiger partial charge is 0.312 e. The van der Waals surface area contributed by atoms with Crippen LogP contribution in [0.5, 0.6) is 0 Å². The van der Waals surface area contributed by atoms with Crippen LogP contribution in [-0.4, -0.2) is 37.5 Å². The molecule has 7 heteroatoms. The fourth-order valence-corrected chi connectivity index (χ4v) is 3.70. The second kappa shape index (κ2) is 10.1. The fraction of sp³-hybridized carbons (Fsp3) is 0.400. The molecule has 0 fully saturated rings. The van der Waals surface area contributed by atoms with Crippen molar-refractivity contribution in [2.75, 3.05) is 20.6 Å². The summed E-state index contributed by atoms with van der Waals surface area (Å²) in [5, 5.41) is 7.54. The van der Waals surface area contributed by atoms with Gasteiger partial charge in [0.05, 0.1) is 18.5 Å². The molecule has 0 saturated carbocycles. The number of likely N-dealkylation sites (N-methyl/N-ethyl adjacent to an activating group) is 1. The third kappa shape index (κ3) is 6.37. The van der Waals surface area contributed by atoms with E-state index in [1.54, 1.807) is 0 Å². The number of nitrogens with zero attached hydrogens (tertiary/aromatic N) is 1. The van der Waals surface area contributed by atoms with Gasteiger partial charge in [0, 0.05) is 11.4 Å². The first-order valence-electron chi connectivity index (χ1n) is 9.02. The monoisotopic (exact) mass is 388 g/mol. The highest BCUT2D eigenvalue weighted by atomic mass is 32.1. The third-order valence-corrected chi connectivity index (χ3v) is 5.47. The first kappa shape index (κ1) is 20.9. The summed E-state index contributed by atoms with van der Waals surface area (Å²) in [6.07, 6.45) is 1.15. The number of nitrogens with one attached hydrogen (secondary N) is 2. The van der Waals surface area contributed by atoms with E-state index in [-0.39, 0.29) is 18.4 Å². The van der Waals surface area contributed by atoms with Gasteiger partial charge in [-0.25, -0.2) is 4.79 Å². The first-order valence-corrected chi connectivity index (χ1v) is 9.90. The van der Waals surface area contributed by atoms with Crippen molar-refractivity contribution in [1.82, 2.24) is 15.5 Å². The zero-order chi connectivity index (χ0) is 19.8. The van der Waals surface area contributed by atoms with Crippen LogP contribution in [0.15, 0.2) is 41.8 Å². The van der Waals surface area contributed by atoms with Crippen molar-refractivity contribution < 1.29 is 9.59 Å². The molecule has 0 spiro atoms. The van der Waals surface area contributed by atoms with Gasteiger partial charge in [-0.2, -0.15) is 0 Å². The molecule has 27 heavy (non-hydrogen) atoms. The van der Waals surface area contributed by atoms with Crippen LogP contribution in [0.4, 0.5) is 4.79 Å². The Balaban J connectivity index is 1.98. The number of aryl methyl sites for hydroxylation is 1. The van der Waals surface area contributed by atoms with Gasteiger partial charge in [0.25, 0.3) is 0 Å². The van der Waals surface area contributed by atoms with Gasteiger partial charge in [-0.3, -0.25) is 4.79 Å². The highest BCUT2D eigenvalue weighted by Crippen LogP contribution is 2.22. The van der Waals surface area contributed by atoms with E-state index in [0.717, 1.165) is 16.9 Å². The molecular weight excluding hydrogens is 360 g/mol. The Hall–Kier alpha value is -2.38. The number of urea groups is 1. The molecule has 2 unspecified atom stereocenters. The maximum atomic E-state index is 12.5. The lowest BCUT2D eigenvalue weighted by Crippen LogP contribution is -2.38. The van der Waals surface area contributed by atoms with Crippen molar-refractivity contribution in [1.29, 1.82) is 0 Å². The molecule has 1 heterocycles. The second-order valence-electron chi connectivity index (χ2n) is 6.66. The Morgan fingerprint density at radius 3 is 2.41 bits per heavy atom. The van der Waals surface area contributed by atoms with Crippen molar-refractivity contribution in [3.05, 3.63) is 57.8 Å². The maximum Gasteiger partial charge on any atom is 0.312 e. The topological polar surface area (TPSA) is 87.5 Å².